The van der Waals surface area contributed by atoms with E-state index >= 15 is 4.39 Å². The summed E-state index contributed by atoms with van der Waals surface area (Å²) in [4.78, 5) is 6.54. The Kier molecular flexibility index (Phi) is 4.41. The highest BCUT2D eigenvalue weighted by molar-refractivity contribution is 7.22. The second kappa shape index (κ2) is 6.83. The molecule has 1 saturated heterocycles. The van der Waals surface area contributed by atoms with Crippen LogP contribution in [0.5, 0.6) is 5.75 Å². The molecule has 2 aromatic carbocycles. The van der Waals surface area contributed by atoms with E-state index in [1.165, 1.54) is 12.1 Å². The van der Waals surface area contributed by atoms with Crippen molar-refractivity contribution in [1.29, 1.82) is 0 Å². The van der Waals surface area contributed by atoms with Crippen LogP contribution in [0.2, 0.25) is 5.02 Å². The van der Waals surface area contributed by atoms with Crippen LogP contribution in [0.1, 0.15) is 24.8 Å². The maximum atomic E-state index is 15.6. The summed E-state index contributed by atoms with van der Waals surface area (Å²) >= 11 is 7.55. The molecule has 2 N–H and O–H groups in total. The molecule has 5 rings (SSSR count). The predicted molar refractivity (Wildman–Crippen MR) is 108 cm³/mol. The Bertz CT molecular complexity index is 1090. The van der Waals surface area contributed by atoms with Gasteiger partial charge in [-0.15, -0.1) is 0 Å². The molecule has 0 saturated carbocycles. The number of anilines is 1. The average Bonchev–Trinajstić information content (AvgIpc) is 2.96. The van der Waals surface area contributed by atoms with Crippen LogP contribution in [0.3, 0.4) is 0 Å². The van der Waals surface area contributed by atoms with Gasteiger partial charge < -0.3 is 10.5 Å². The van der Waals surface area contributed by atoms with Gasteiger partial charge in [0.15, 0.2) is 16.7 Å². The van der Waals surface area contributed by atoms with Crippen LogP contribution in [-0.2, 0) is 6.54 Å². The van der Waals surface area contributed by atoms with Crippen LogP contribution in [-0.4, -0.2) is 29.1 Å². The molecule has 3 heterocycles. The molecular formula is C20H18ClF2N3OS. The number of nitrogens with zero attached hydrogens (tertiary/aromatic N) is 2. The fourth-order valence-corrected chi connectivity index (χ4v) is 5.30. The molecule has 8 heteroatoms. The summed E-state index contributed by atoms with van der Waals surface area (Å²) in [5.74, 6) is -0.733. The predicted octanol–water partition coefficient (Wildman–Crippen LogP) is 5.22. The van der Waals surface area contributed by atoms with Crippen molar-refractivity contribution in [3.05, 3.63) is 40.4 Å². The van der Waals surface area contributed by atoms with E-state index in [1.807, 2.05) is 0 Å². The number of nitrogen functional groups attached to an aromatic ring is 1. The summed E-state index contributed by atoms with van der Waals surface area (Å²) in [5.41, 5.74) is 7.41. The summed E-state index contributed by atoms with van der Waals surface area (Å²) in [6, 6.07) is 4.83. The molecule has 0 radical (unpaired) electrons. The van der Waals surface area contributed by atoms with Gasteiger partial charge in [0.1, 0.15) is 12.4 Å². The number of thiazole rings is 1. The van der Waals surface area contributed by atoms with Crippen molar-refractivity contribution in [3.63, 3.8) is 0 Å². The minimum atomic E-state index is -0.526. The lowest BCUT2D eigenvalue weighted by atomic mass is 9.99. The molecule has 0 bridgehead atoms. The van der Waals surface area contributed by atoms with Gasteiger partial charge in [0, 0.05) is 29.3 Å². The molecule has 3 aromatic rings. The van der Waals surface area contributed by atoms with Gasteiger partial charge in [0.05, 0.1) is 15.2 Å². The highest BCUT2D eigenvalue weighted by Gasteiger charge is 2.31. The van der Waals surface area contributed by atoms with Crippen molar-refractivity contribution in [3.8, 4) is 16.9 Å². The van der Waals surface area contributed by atoms with E-state index in [-0.39, 0.29) is 21.5 Å². The number of rotatable bonds is 1. The number of hydrogen-bond acceptors (Lipinski definition) is 5. The largest absolute Gasteiger partial charge is 0.489 e. The summed E-state index contributed by atoms with van der Waals surface area (Å²) in [6.45, 7) is 2.04. The maximum Gasteiger partial charge on any atom is 0.181 e. The number of nitrogens with two attached hydrogens (primary N) is 1. The minimum absolute atomic E-state index is 0.176. The number of hydrogen-bond donors (Lipinski definition) is 1. The zero-order valence-electron chi connectivity index (χ0n) is 15.0. The van der Waals surface area contributed by atoms with Crippen LogP contribution in [0.15, 0.2) is 18.2 Å². The Balaban J connectivity index is 1.67. The second-order valence-electron chi connectivity index (χ2n) is 7.29. The first-order valence-corrected chi connectivity index (χ1v) is 10.4. The molecule has 0 aliphatic carbocycles. The monoisotopic (exact) mass is 421 g/mol. The number of benzene rings is 2. The Morgan fingerprint density at radius 2 is 2.14 bits per heavy atom. The molecular weight excluding hydrogens is 404 g/mol. The van der Waals surface area contributed by atoms with Crippen molar-refractivity contribution in [1.82, 2.24) is 9.88 Å². The zero-order valence-corrected chi connectivity index (χ0v) is 16.5. The number of piperidine rings is 1. The first-order valence-electron chi connectivity index (χ1n) is 9.25. The van der Waals surface area contributed by atoms with Gasteiger partial charge in [0.25, 0.3) is 0 Å². The van der Waals surface area contributed by atoms with Crippen LogP contribution >= 0.6 is 22.9 Å². The van der Waals surface area contributed by atoms with E-state index in [1.54, 1.807) is 6.07 Å². The molecule has 1 aromatic heterocycles. The molecule has 0 spiro atoms. The molecule has 2 aliphatic rings. The fraction of sp³-hybridized carbons (Fsp3) is 0.350. The van der Waals surface area contributed by atoms with Crippen LogP contribution in [0.25, 0.3) is 21.3 Å². The van der Waals surface area contributed by atoms with Crippen molar-refractivity contribution >= 4 is 38.3 Å². The third-order valence-electron chi connectivity index (χ3n) is 5.57. The van der Waals surface area contributed by atoms with Crippen molar-refractivity contribution in [2.24, 2.45) is 0 Å². The third-order valence-corrected chi connectivity index (χ3v) is 6.77. The molecule has 4 nitrogen and oxygen atoms in total. The highest BCUT2D eigenvalue weighted by Crippen LogP contribution is 2.44. The van der Waals surface area contributed by atoms with Gasteiger partial charge >= 0.3 is 0 Å². The average molecular weight is 422 g/mol. The van der Waals surface area contributed by atoms with Gasteiger partial charge in [0.2, 0.25) is 0 Å². The van der Waals surface area contributed by atoms with E-state index < -0.39 is 11.6 Å². The molecule has 28 heavy (non-hydrogen) atoms. The van der Waals surface area contributed by atoms with Crippen LogP contribution in [0, 0.1) is 11.6 Å². The minimum Gasteiger partial charge on any atom is -0.489 e. The Morgan fingerprint density at radius 1 is 1.29 bits per heavy atom. The number of ether oxygens (including phenoxy) is 1. The lowest BCUT2D eigenvalue weighted by Crippen LogP contribution is -2.40. The number of fused-ring (bicyclic) bond motifs is 3. The topological polar surface area (TPSA) is 51.4 Å². The van der Waals surface area contributed by atoms with Gasteiger partial charge in [-0.1, -0.05) is 29.4 Å². The lowest BCUT2D eigenvalue weighted by Gasteiger charge is -2.33. The van der Waals surface area contributed by atoms with Crippen LogP contribution in [0.4, 0.5) is 13.9 Å². The quantitative estimate of drug-likeness (QED) is 0.585. The third kappa shape index (κ3) is 2.84. The summed E-state index contributed by atoms with van der Waals surface area (Å²) in [6.07, 6.45) is 3.35. The second-order valence-corrected chi connectivity index (χ2v) is 8.73. The zero-order chi connectivity index (χ0) is 19.4. The van der Waals surface area contributed by atoms with E-state index in [2.05, 4.69) is 9.88 Å². The normalized spacial score (nSPS) is 19.8. The summed E-state index contributed by atoms with van der Waals surface area (Å²) in [7, 11) is 0. The molecule has 0 unspecified atom stereocenters. The first-order chi connectivity index (χ1) is 13.5. The van der Waals surface area contributed by atoms with E-state index in [0.29, 0.717) is 35.0 Å². The number of halogens is 3. The first kappa shape index (κ1) is 18.1. The maximum absolute atomic E-state index is 15.6. The van der Waals surface area contributed by atoms with Crippen LogP contribution < -0.4 is 10.5 Å². The summed E-state index contributed by atoms with van der Waals surface area (Å²) in [5, 5.41) is 0.482. The van der Waals surface area contributed by atoms with Gasteiger partial charge in [-0.25, -0.2) is 13.8 Å². The van der Waals surface area contributed by atoms with Gasteiger partial charge in [-0.2, -0.15) is 0 Å². The van der Waals surface area contributed by atoms with E-state index in [4.69, 9.17) is 22.1 Å². The number of aromatic nitrogens is 1. The Hall–Kier alpha value is -1.96. The van der Waals surface area contributed by atoms with Crippen molar-refractivity contribution in [2.75, 3.05) is 18.9 Å². The SMILES string of the molecule is Nc1nc2c(-c3c(Cl)cc4c(c3F)OC[C@H]3CCCCN3C4)ccc(F)c2s1. The lowest BCUT2D eigenvalue weighted by molar-refractivity contribution is 0.108. The molecule has 0 amide bonds. The van der Waals surface area contributed by atoms with Crippen molar-refractivity contribution in [2.45, 2.75) is 31.8 Å². The van der Waals surface area contributed by atoms with Crippen molar-refractivity contribution < 1.29 is 13.5 Å². The Labute approximate surface area is 169 Å². The van der Waals surface area contributed by atoms with E-state index in [0.717, 1.165) is 42.7 Å². The van der Waals surface area contributed by atoms with Gasteiger partial charge in [-0.3, -0.25) is 4.90 Å². The standard InChI is InChI=1S/C20H18ClF2N3OS/c21-13-7-10-8-26-6-2-1-3-11(26)9-27-18(10)16(23)15(13)12-4-5-14(22)19-17(12)25-20(24)28-19/h4-5,7,11H,1-3,6,8-9H2,(H2,24,25)/t11-/m1/s1. The Morgan fingerprint density at radius 3 is 3.00 bits per heavy atom. The fourth-order valence-electron chi connectivity index (χ4n) is 4.22. The summed E-state index contributed by atoms with van der Waals surface area (Å²) < 4.78 is 36.0. The molecule has 1 atom stereocenters. The highest BCUT2D eigenvalue weighted by atomic mass is 35.5. The molecule has 1 fully saturated rings. The van der Waals surface area contributed by atoms with E-state index in [9.17, 15) is 4.39 Å². The smallest absolute Gasteiger partial charge is 0.181 e. The molecule has 2 aliphatic heterocycles. The van der Waals surface area contributed by atoms with Gasteiger partial charge in [-0.05, 0) is 37.6 Å². The molecule has 146 valence electrons.